The Morgan fingerprint density at radius 3 is 0.712 bits per heavy atom. The second kappa shape index (κ2) is 20.2. The first-order valence-electron chi connectivity index (χ1n) is 20.9. The van der Waals surface area contributed by atoms with E-state index in [2.05, 4.69) is 83.1 Å². The van der Waals surface area contributed by atoms with Gasteiger partial charge in [-0.2, -0.15) is 0 Å². The van der Waals surface area contributed by atoms with E-state index in [1.54, 1.807) is 0 Å². The molecule has 0 spiro atoms. The van der Waals surface area contributed by atoms with E-state index in [0.717, 1.165) is 59.1 Å². The zero-order valence-electron chi connectivity index (χ0n) is 35.7. The third-order valence-corrected chi connectivity index (χ3v) is 10.7. The van der Waals surface area contributed by atoms with Gasteiger partial charge in [0.2, 0.25) is 0 Å². The van der Waals surface area contributed by atoms with E-state index in [-0.39, 0.29) is 33.2 Å². The fourth-order valence-electron chi connectivity index (χ4n) is 7.21. The highest BCUT2D eigenvalue weighted by molar-refractivity contribution is 5.97. The monoisotopic (exact) mass is 719 g/mol. The fourth-order valence-corrected chi connectivity index (χ4v) is 7.21. The lowest BCUT2D eigenvalue weighted by Gasteiger charge is -2.28. The zero-order valence-corrected chi connectivity index (χ0v) is 35.7. The predicted octanol–water partition coefficient (Wildman–Crippen LogP) is 14.4. The number of rotatable bonds is 21. The van der Waals surface area contributed by atoms with Crippen molar-refractivity contribution in [3.8, 4) is 11.5 Å². The molecule has 0 aromatic heterocycles. The molecule has 0 unspecified atom stereocenters. The number of aromatic hydroxyl groups is 2. The second-order valence-electron chi connectivity index (χ2n) is 19.8. The number of carbonyl (C=O) groups excluding carboxylic acids is 2. The summed E-state index contributed by atoms with van der Waals surface area (Å²) >= 11 is 0. The first-order chi connectivity index (χ1) is 24.0. The maximum absolute atomic E-state index is 13.1. The molecule has 0 bridgehead atoms. The van der Waals surface area contributed by atoms with Crippen LogP contribution in [0.5, 0.6) is 11.5 Å². The first kappa shape index (κ1) is 45.5. The molecule has 0 saturated carbocycles. The van der Waals surface area contributed by atoms with Crippen molar-refractivity contribution >= 4 is 11.6 Å². The summed E-state index contributed by atoms with van der Waals surface area (Å²) in [5.74, 6) is 1.06. The van der Waals surface area contributed by atoms with Crippen LogP contribution >= 0.6 is 0 Å². The van der Waals surface area contributed by atoms with Crippen molar-refractivity contribution < 1.29 is 19.8 Å². The highest BCUT2D eigenvalue weighted by Crippen LogP contribution is 2.41. The molecule has 52 heavy (non-hydrogen) atoms. The largest absolute Gasteiger partial charge is 0.507 e. The summed E-state index contributed by atoms with van der Waals surface area (Å²) in [6.45, 7) is 25.1. The summed E-state index contributed by atoms with van der Waals surface area (Å²) in [7, 11) is 0. The third-order valence-electron chi connectivity index (χ3n) is 10.7. The smallest absolute Gasteiger partial charge is 0.162 e. The van der Waals surface area contributed by atoms with Crippen molar-refractivity contribution in [1.82, 2.24) is 0 Å². The van der Waals surface area contributed by atoms with Gasteiger partial charge in [-0.3, -0.25) is 9.59 Å². The summed E-state index contributed by atoms with van der Waals surface area (Å²) in [6.07, 6.45) is 20.7. The topological polar surface area (TPSA) is 74.6 Å². The molecule has 0 heterocycles. The van der Waals surface area contributed by atoms with Crippen LogP contribution < -0.4 is 0 Å². The van der Waals surface area contributed by atoms with E-state index in [1.807, 2.05) is 24.3 Å². The minimum atomic E-state index is -0.224. The molecule has 0 aliphatic rings. The molecule has 294 valence electrons. The number of ketones is 2. The molecule has 0 saturated heterocycles. The average Bonchev–Trinajstić information content (AvgIpc) is 3.01. The number of hydrogen-bond acceptors (Lipinski definition) is 4. The number of Topliss-reactive ketones (excluding diaryl/α,β-unsaturated/α-hetero) is 2. The molecule has 2 N–H and O–H groups in total. The van der Waals surface area contributed by atoms with Gasteiger partial charge in [-0.05, 0) is 58.8 Å². The van der Waals surface area contributed by atoms with Gasteiger partial charge in [-0.1, -0.05) is 173 Å². The van der Waals surface area contributed by atoms with Crippen LogP contribution in [-0.4, -0.2) is 21.8 Å². The van der Waals surface area contributed by atoms with Gasteiger partial charge in [0, 0.05) is 46.2 Å². The van der Waals surface area contributed by atoms with E-state index in [4.69, 9.17) is 0 Å². The van der Waals surface area contributed by atoms with Gasteiger partial charge in [-0.15, -0.1) is 0 Å². The van der Waals surface area contributed by atoms with Crippen LogP contribution in [0.25, 0.3) is 0 Å². The number of hydrogen-bond donors (Lipinski definition) is 2. The lowest BCUT2D eigenvalue weighted by molar-refractivity contribution is 0.0970. The molecule has 0 amide bonds. The molecule has 0 atom stereocenters. The lowest BCUT2D eigenvalue weighted by atomic mass is 9.78. The molecule has 0 aliphatic heterocycles. The van der Waals surface area contributed by atoms with Crippen molar-refractivity contribution in [2.45, 2.75) is 220 Å². The Bertz CT molecular complexity index is 1240. The van der Waals surface area contributed by atoms with Crippen molar-refractivity contribution in [2.75, 3.05) is 0 Å². The summed E-state index contributed by atoms with van der Waals surface area (Å²) in [5, 5.41) is 21.9. The van der Waals surface area contributed by atoms with Crippen LogP contribution in [0, 0.1) is 0 Å². The minimum absolute atomic E-state index is 0.193. The molecule has 2 aromatic rings. The quantitative estimate of drug-likeness (QED) is 0.0995. The summed E-state index contributed by atoms with van der Waals surface area (Å²) < 4.78 is 0. The summed E-state index contributed by atoms with van der Waals surface area (Å²) in [4.78, 5) is 26.2. The van der Waals surface area contributed by atoms with Crippen molar-refractivity contribution in [3.05, 3.63) is 57.6 Å². The molecule has 0 radical (unpaired) electrons. The van der Waals surface area contributed by atoms with Crippen LogP contribution in [0.15, 0.2) is 24.3 Å². The summed E-state index contributed by atoms with van der Waals surface area (Å²) in [5.41, 5.74) is 4.03. The molecule has 2 aromatic carbocycles. The lowest BCUT2D eigenvalue weighted by Crippen LogP contribution is -2.19. The van der Waals surface area contributed by atoms with Gasteiger partial charge in [0.15, 0.2) is 11.6 Å². The second-order valence-corrected chi connectivity index (χ2v) is 19.8. The van der Waals surface area contributed by atoms with Crippen LogP contribution in [0.3, 0.4) is 0 Å². The number of phenols is 2. The molecular formula is C48H78O4. The normalized spacial score (nSPS) is 12.8. The Labute approximate surface area is 320 Å². The van der Waals surface area contributed by atoms with E-state index >= 15 is 0 Å². The zero-order chi connectivity index (χ0) is 39.3. The van der Waals surface area contributed by atoms with Gasteiger partial charge in [0.25, 0.3) is 0 Å². The van der Waals surface area contributed by atoms with E-state index in [1.165, 1.54) is 77.0 Å². The number of phenolic OH excluding ortho intramolecular Hbond substituents is 2. The van der Waals surface area contributed by atoms with Crippen molar-refractivity contribution in [3.63, 3.8) is 0 Å². The van der Waals surface area contributed by atoms with Crippen molar-refractivity contribution in [1.29, 1.82) is 0 Å². The maximum atomic E-state index is 13.1. The summed E-state index contributed by atoms with van der Waals surface area (Å²) in [6, 6.07) is 7.68. The molecule has 4 heteroatoms. The van der Waals surface area contributed by atoms with E-state index < -0.39 is 0 Å². The Balaban J connectivity index is 1.52. The van der Waals surface area contributed by atoms with E-state index in [9.17, 15) is 19.8 Å². The van der Waals surface area contributed by atoms with Crippen LogP contribution in [0.2, 0.25) is 0 Å². The average molecular weight is 719 g/mol. The van der Waals surface area contributed by atoms with Gasteiger partial charge >= 0.3 is 0 Å². The maximum Gasteiger partial charge on any atom is 0.162 e. The Kier molecular flexibility index (Phi) is 17.7. The molecule has 2 rings (SSSR count). The molecule has 0 fully saturated rings. The van der Waals surface area contributed by atoms with Gasteiger partial charge in [-0.25, -0.2) is 0 Å². The SMILES string of the molecule is CC(C)(C)c1cc(C(=O)CCCCCCCCCCCCCCCCCCC(=O)c2cc(C(C)(C)C)c(O)c(C(C)(C)C)c2)cc(C(C)(C)C)c1O. The van der Waals surface area contributed by atoms with Crippen molar-refractivity contribution in [2.24, 2.45) is 0 Å². The predicted molar refractivity (Wildman–Crippen MR) is 223 cm³/mol. The molecular weight excluding hydrogens is 641 g/mol. The number of carbonyl (C=O) groups is 2. The fraction of sp³-hybridized carbons (Fsp3) is 0.708. The Morgan fingerprint density at radius 1 is 0.365 bits per heavy atom. The highest BCUT2D eigenvalue weighted by atomic mass is 16.3. The van der Waals surface area contributed by atoms with Crippen LogP contribution in [-0.2, 0) is 21.7 Å². The number of unbranched alkanes of at least 4 members (excludes halogenated alkanes) is 15. The van der Waals surface area contributed by atoms with Crippen LogP contribution in [0.4, 0.5) is 0 Å². The highest BCUT2D eigenvalue weighted by Gasteiger charge is 2.29. The standard InChI is InChI=1S/C48H78O4/c1-45(2,3)37-31-35(32-38(43(37)51)46(4,5)6)41(49)29-27-25-23-21-19-17-15-13-14-16-18-20-22-24-26-28-30-42(50)36-33-39(47(7,8)9)44(52)40(34-36)48(10,11)12/h31-34,51-52H,13-30H2,1-12H3. The van der Waals surface area contributed by atoms with E-state index in [0.29, 0.717) is 24.3 Å². The third kappa shape index (κ3) is 15.0. The Morgan fingerprint density at radius 2 is 0.538 bits per heavy atom. The van der Waals surface area contributed by atoms with Crippen LogP contribution in [0.1, 0.15) is 242 Å². The number of benzene rings is 2. The molecule has 0 aliphatic carbocycles. The molecule has 4 nitrogen and oxygen atoms in total. The van der Waals surface area contributed by atoms with Gasteiger partial charge in [0.1, 0.15) is 11.5 Å². The minimum Gasteiger partial charge on any atom is -0.507 e. The van der Waals surface area contributed by atoms with Gasteiger partial charge in [0.05, 0.1) is 0 Å². The first-order valence-corrected chi connectivity index (χ1v) is 20.9. The Hall–Kier alpha value is -2.62. The van der Waals surface area contributed by atoms with Gasteiger partial charge < -0.3 is 10.2 Å².